The van der Waals surface area contributed by atoms with E-state index in [1.165, 1.54) is 83.5 Å². The second kappa shape index (κ2) is 19.3. The summed E-state index contributed by atoms with van der Waals surface area (Å²) < 4.78 is 28.1. The maximum atomic E-state index is 11.9. The van der Waals surface area contributed by atoms with Crippen LogP contribution in [0, 0.1) is 0 Å². The molecule has 1 aliphatic heterocycles. The highest BCUT2D eigenvalue weighted by Gasteiger charge is 2.25. The second-order valence-electron chi connectivity index (χ2n) is 9.82. The van der Waals surface area contributed by atoms with E-state index in [1.807, 2.05) is 0 Å². The van der Waals surface area contributed by atoms with Crippen LogP contribution in [0.15, 0.2) is 0 Å². The Morgan fingerprint density at radius 3 is 1.59 bits per heavy atom. The molecule has 0 spiro atoms. The Labute approximate surface area is 198 Å². The van der Waals surface area contributed by atoms with E-state index in [2.05, 4.69) is 14.0 Å². The minimum atomic E-state index is -4.17. The summed E-state index contributed by atoms with van der Waals surface area (Å²) in [6.07, 6.45) is 20.8. The summed E-state index contributed by atoms with van der Waals surface area (Å²) in [6.45, 7) is 6.59. The van der Waals surface area contributed by atoms with Crippen LogP contribution in [0.25, 0.3) is 0 Å². The van der Waals surface area contributed by atoms with E-state index in [0.29, 0.717) is 6.54 Å². The molecule has 1 saturated heterocycles. The van der Waals surface area contributed by atoms with Crippen molar-refractivity contribution in [2.24, 2.45) is 0 Å². The van der Waals surface area contributed by atoms with E-state index < -0.39 is 7.82 Å². The standard InChI is InChI=1S/C25H52NO5P/c1-3-4-5-6-7-8-9-10-11-12-13-14-15-16-17-18-22-30-32(27,28)31-25-21-26(2)19-23-29-24-20-26/h3-25H2,1-2H3. The molecule has 32 heavy (non-hydrogen) atoms. The molecule has 1 unspecified atom stereocenters. The maximum Gasteiger partial charge on any atom is 0.268 e. The lowest BCUT2D eigenvalue weighted by Crippen LogP contribution is -2.53. The van der Waals surface area contributed by atoms with Crippen LogP contribution >= 0.6 is 7.82 Å². The number of morpholine rings is 1. The summed E-state index contributed by atoms with van der Waals surface area (Å²) in [6, 6.07) is 0. The number of phosphoric acid groups is 1. The number of nitrogens with zero attached hydrogens (tertiary/aromatic N) is 1. The topological polar surface area (TPSA) is 67.8 Å². The predicted molar refractivity (Wildman–Crippen MR) is 131 cm³/mol. The Balaban J connectivity index is 1.82. The van der Waals surface area contributed by atoms with Crippen molar-refractivity contribution < 1.29 is 27.7 Å². The second-order valence-corrected chi connectivity index (χ2v) is 11.2. The van der Waals surface area contributed by atoms with Crippen LogP contribution < -0.4 is 4.89 Å². The van der Waals surface area contributed by atoms with Gasteiger partial charge in [0, 0.05) is 0 Å². The average molecular weight is 478 g/mol. The highest BCUT2D eigenvalue weighted by molar-refractivity contribution is 7.45. The van der Waals surface area contributed by atoms with Crippen LogP contribution in [-0.4, -0.2) is 57.6 Å². The van der Waals surface area contributed by atoms with E-state index >= 15 is 0 Å². The molecule has 1 aliphatic rings. The largest absolute Gasteiger partial charge is 0.756 e. The molecule has 0 aromatic rings. The zero-order valence-electron chi connectivity index (χ0n) is 21.2. The average Bonchev–Trinajstić information content (AvgIpc) is 2.76. The molecule has 1 atom stereocenters. The van der Waals surface area contributed by atoms with Gasteiger partial charge in [-0.15, -0.1) is 0 Å². The number of quaternary nitrogens is 1. The van der Waals surface area contributed by atoms with Gasteiger partial charge in [-0.2, -0.15) is 0 Å². The fourth-order valence-corrected chi connectivity index (χ4v) is 4.98. The molecule has 1 heterocycles. The monoisotopic (exact) mass is 477 g/mol. The molecule has 192 valence electrons. The number of hydrogen-bond acceptors (Lipinski definition) is 5. The Bertz CT molecular complexity index is 471. The van der Waals surface area contributed by atoms with Crippen LogP contribution in [0.2, 0.25) is 0 Å². The van der Waals surface area contributed by atoms with Crippen molar-refractivity contribution in [3.8, 4) is 0 Å². The smallest absolute Gasteiger partial charge is 0.268 e. The minimum absolute atomic E-state index is 0.177. The van der Waals surface area contributed by atoms with Crippen LogP contribution in [0.1, 0.15) is 110 Å². The van der Waals surface area contributed by atoms with Gasteiger partial charge in [0.05, 0.1) is 26.9 Å². The van der Waals surface area contributed by atoms with E-state index in [4.69, 9.17) is 13.8 Å². The molecule has 0 aliphatic carbocycles. The fraction of sp³-hybridized carbons (Fsp3) is 1.00. The van der Waals surface area contributed by atoms with Gasteiger partial charge in [-0.05, 0) is 6.42 Å². The summed E-state index contributed by atoms with van der Waals surface area (Å²) >= 11 is 0. The van der Waals surface area contributed by atoms with Gasteiger partial charge in [0.2, 0.25) is 0 Å². The van der Waals surface area contributed by atoms with Crippen molar-refractivity contribution in [1.29, 1.82) is 0 Å². The molecule has 6 nitrogen and oxygen atoms in total. The van der Waals surface area contributed by atoms with Crippen molar-refractivity contribution in [2.75, 3.05) is 53.1 Å². The third-order valence-electron chi connectivity index (χ3n) is 6.68. The molecule has 0 N–H and O–H groups in total. The molecule has 0 radical (unpaired) electrons. The van der Waals surface area contributed by atoms with Gasteiger partial charge < -0.3 is 23.2 Å². The third kappa shape index (κ3) is 17.5. The lowest BCUT2D eigenvalue weighted by Gasteiger charge is -2.37. The molecule has 0 amide bonds. The Morgan fingerprint density at radius 1 is 0.719 bits per heavy atom. The number of ether oxygens (including phenoxy) is 1. The Morgan fingerprint density at radius 2 is 1.12 bits per heavy atom. The third-order valence-corrected chi connectivity index (χ3v) is 7.68. The molecule has 1 fully saturated rings. The van der Waals surface area contributed by atoms with Crippen LogP contribution in [0.4, 0.5) is 0 Å². The summed E-state index contributed by atoms with van der Waals surface area (Å²) in [5.41, 5.74) is 0. The van der Waals surface area contributed by atoms with Crippen LogP contribution in [0.3, 0.4) is 0 Å². The van der Waals surface area contributed by atoms with Gasteiger partial charge in [-0.25, -0.2) is 0 Å². The van der Waals surface area contributed by atoms with Crippen molar-refractivity contribution in [1.82, 2.24) is 0 Å². The molecule has 0 saturated carbocycles. The Hall–Kier alpha value is 0.0300. The van der Waals surface area contributed by atoms with Gasteiger partial charge in [0.15, 0.2) is 0 Å². The van der Waals surface area contributed by atoms with Crippen molar-refractivity contribution >= 4 is 7.82 Å². The van der Waals surface area contributed by atoms with Crippen molar-refractivity contribution in [3.63, 3.8) is 0 Å². The van der Waals surface area contributed by atoms with E-state index in [0.717, 1.165) is 50.0 Å². The first-order valence-corrected chi connectivity index (χ1v) is 14.9. The SMILES string of the molecule is CCCCCCCCCCCCCCCCCCOP(=O)([O-])OCC[N+]1(C)CCOCC1. The van der Waals surface area contributed by atoms with Crippen molar-refractivity contribution in [3.05, 3.63) is 0 Å². The van der Waals surface area contributed by atoms with Gasteiger partial charge in [-0.3, -0.25) is 4.57 Å². The Kier molecular flexibility index (Phi) is 18.2. The highest BCUT2D eigenvalue weighted by Crippen LogP contribution is 2.38. The van der Waals surface area contributed by atoms with Crippen LogP contribution in [-0.2, 0) is 18.3 Å². The van der Waals surface area contributed by atoms with E-state index in [1.54, 1.807) is 0 Å². The maximum absolute atomic E-state index is 11.9. The van der Waals surface area contributed by atoms with Gasteiger partial charge >= 0.3 is 0 Å². The molecule has 7 heteroatoms. The summed E-state index contributed by atoms with van der Waals surface area (Å²) in [4.78, 5) is 11.9. The van der Waals surface area contributed by atoms with Gasteiger partial charge in [0.1, 0.15) is 26.2 Å². The number of phosphoric ester groups is 1. The first kappa shape index (κ1) is 30.1. The molecule has 0 bridgehead atoms. The van der Waals surface area contributed by atoms with Crippen molar-refractivity contribution in [2.45, 2.75) is 110 Å². The van der Waals surface area contributed by atoms with Crippen LogP contribution in [0.5, 0.6) is 0 Å². The normalized spacial score (nSPS) is 18.0. The van der Waals surface area contributed by atoms with Gasteiger partial charge in [0.25, 0.3) is 7.82 Å². The quantitative estimate of drug-likeness (QED) is 0.105. The fourth-order valence-electron chi connectivity index (χ4n) is 4.24. The minimum Gasteiger partial charge on any atom is -0.756 e. The first-order chi connectivity index (χ1) is 15.5. The summed E-state index contributed by atoms with van der Waals surface area (Å²) in [5, 5.41) is 0. The number of hydrogen-bond donors (Lipinski definition) is 0. The molecule has 0 aromatic carbocycles. The summed E-state index contributed by atoms with van der Waals surface area (Å²) in [7, 11) is -2.06. The summed E-state index contributed by atoms with van der Waals surface area (Å²) in [5.74, 6) is 0. The highest BCUT2D eigenvalue weighted by atomic mass is 31.2. The number of unbranched alkanes of at least 4 members (excludes halogenated alkanes) is 15. The van der Waals surface area contributed by atoms with Gasteiger partial charge in [-0.1, -0.05) is 103 Å². The molecule has 0 aromatic heterocycles. The first-order valence-electron chi connectivity index (χ1n) is 13.5. The lowest BCUT2D eigenvalue weighted by molar-refractivity contribution is -0.916. The van der Waals surface area contributed by atoms with E-state index in [-0.39, 0.29) is 13.2 Å². The number of rotatable bonds is 22. The molecule has 1 rings (SSSR count). The van der Waals surface area contributed by atoms with E-state index in [9.17, 15) is 9.46 Å². The predicted octanol–water partition coefficient (Wildman–Crippen LogP) is 6.23. The lowest BCUT2D eigenvalue weighted by atomic mass is 10.0. The zero-order chi connectivity index (χ0) is 23.4. The number of likely N-dealkylation sites (N-methyl/N-ethyl adjacent to an activating group) is 1. The zero-order valence-corrected chi connectivity index (χ0v) is 22.1. The molecular weight excluding hydrogens is 425 g/mol. The molecular formula is C25H52NO5P.